The van der Waals surface area contributed by atoms with Crippen LogP contribution in [-0.4, -0.2) is 17.5 Å². The van der Waals surface area contributed by atoms with Gasteiger partial charge in [0.25, 0.3) is 5.91 Å². The molecule has 5 nitrogen and oxygen atoms in total. The third kappa shape index (κ3) is 4.23. The number of hydrogen-bond acceptors (Lipinski definition) is 5. The maximum atomic E-state index is 13.1. The average Bonchev–Trinajstić information content (AvgIpc) is 3.22. The number of nitrogens with two attached hydrogens (primary N) is 1. The molecular weight excluding hydrogens is 442 g/mol. The zero-order chi connectivity index (χ0) is 23.5. The van der Waals surface area contributed by atoms with E-state index in [9.17, 15) is 4.79 Å². The van der Waals surface area contributed by atoms with E-state index in [0.717, 1.165) is 44.0 Å². The summed E-state index contributed by atoms with van der Waals surface area (Å²) in [6, 6.07) is 29.3. The van der Waals surface area contributed by atoms with Crippen LogP contribution in [0.15, 0.2) is 91.0 Å². The van der Waals surface area contributed by atoms with Crippen molar-refractivity contribution in [3.05, 3.63) is 95.9 Å². The van der Waals surface area contributed by atoms with Crippen LogP contribution < -0.4 is 15.8 Å². The molecular formula is C28H23N3O2S. The number of carbonyl (C=O) groups excluding carboxylic acids is 1. The van der Waals surface area contributed by atoms with Crippen molar-refractivity contribution in [1.82, 2.24) is 4.98 Å². The van der Waals surface area contributed by atoms with E-state index in [0.29, 0.717) is 17.2 Å². The van der Waals surface area contributed by atoms with Crippen molar-refractivity contribution in [2.45, 2.75) is 6.92 Å². The SMILES string of the molecule is CCOc1ccc(-c2cc(-c3ccccc3)c3c(N)c(C(=O)Nc4ccccc4)sc3n2)cc1. The zero-order valence-corrected chi connectivity index (χ0v) is 19.4. The summed E-state index contributed by atoms with van der Waals surface area (Å²) >= 11 is 1.31. The Morgan fingerprint density at radius 3 is 2.29 bits per heavy atom. The fraction of sp³-hybridized carbons (Fsp3) is 0.0714. The number of nitrogens with one attached hydrogen (secondary N) is 1. The highest BCUT2D eigenvalue weighted by Gasteiger charge is 2.21. The van der Waals surface area contributed by atoms with Crippen molar-refractivity contribution in [1.29, 1.82) is 0 Å². The molecule has 0 unspecified atom stereocenters. The Morgan fingerprint density at radius 2 is 1.62 bits per heavy atom. The highest BCUT2D eigenvalue weighted by atomic mass is 32.1. The molecule has 0 spiro atoms. The highest BCUT2D eigenvalue weighted by Crippen LogP contribution is 2.41. The molecule has 0 saturated heterocycles. The number of amides is 1. The number of anilines is 2. The number of pyridine rings is 1. The topological polar surface area (TPSA) is 77.2 Å². The summed E-state index contributed by atoms with van der Waals surface area (Å²) in [5, 5.41) is 3.73. The van der Waals surface area contributed by atoms with Gasteiger partial charge in [0, 0.05) is 16.6 Å². The second kappa shape index (κ2) is 9.37. The number of ether oxygens (including phenoxy) is 1. The van der Waals surface area contributed by atoms with E-state index in [1.165, 1.54) is 11.3 Å². The molecule has 3 N–H and O–H groups in total. The van der Waals surface area contributed by atoms with Crippen LogP contribution in [0.3, 0.4) is 0 Å². The van der Waals surface area contributed by atoms with Crippen molar-refractivity contribution in [3.63, 3.8) is 0 Å². The number of fused-ring (bicyclic) bond motifs is 1. The molecule has 0 atom stereocenters. The van der Waals surface area contributed by atoms with Crippen molar-refractivity contribution in [3.8, 4) is 28.1 Å². The summed E-state index contributed by atoms with van der Waals surface area (Å²) in [5.41, 5.74) is 11.5. The van der Waals surface area contributed by atoms with Crippen molar-refractivity contribution in [2.75, 3.05) is 17.7 Å². The molecule has 34 heavy (non-hydrogen) atoms. The Balaban J connectivity index is 1.64. The number of rotatable bonds is 6. The number of hydrogen-bond donors (Lipinski definition) is 2. The summed E-state index contributed by atoms with van der Waals surface area (Å²) in [6.07, 6.45) is 0. The molecule has 5 rings (SSSR count). The van der Waals surface area contributed by atoms with Crippen molar-refractivity contribution < 1.29 is 9.53 Å². The predicted molar refractivity (Wildman–Crippen MR) is 140 cm³/mol. The number of nitrogen functional groups attached to an aromatic ring is 1. The number of nitrogens with zero attached hydrogens (tertiary/aromatic N) is 1. The van der Waals surface area contributed by atoms with Gasteiger partial charge < -0.3 is 15.8 Å². The van der Waals surface area contributed by atoms with Gasteiger partial charge in [-0.3, -0.25) is 4.79 Å². The molecule has 168 valence electrons. The van der Waals surface area contributed by atoms with Crippen LogP contribution in [0, 0.1) is 0 Å². The Hall–Kier alpha value is -4.16. The number of thiophene rings is 1. The van der Waals surface area contributed by atoms with E-state index in [4.69, 9.17) is 15.5 Å². The minimum atomic E-state index is -0.242. The summed E-state index contributed by atoms with van der Waals surface area (Å²) in [7, 11) is 0. The molecule has 5 aromatic rings. The van der Waals surface area contributed by atoms with E-state index in [1.807, 2.05) is 97.9 Å². The van der Waals surface area contributed by atoms with Crippen molar-refractivity contribution in [2.24, 2.45) is 0 Å². The van der Waals surface area contributed by atoms with Crippen LogP contribution in [0.25, 0.3) is 32.6 Å². The standard InChI is InChI=1S/C28H23N3O2S/c1-2-33-21-15-13-19(14-16-21)23-17-22(18-9-5-3-6-10-18)24-25(29)26(34-28(24)31-23)27(32)30-20-11-7-4-8-12-20/h3-17H,2,29H2,1H3,(H,30,32). The molecule has 6 heteroatoms. The first-order chi connectivity index (χ1) is 16.6. The van der Waals surface area contributed by atoms with Gasteiger partial charge in [-0.25, -0.2) is 4.98 Å². The van der Waals surface area contributed by atoms with E-state index >= 15 is 0 Å². The van der Waals surface area contributed by atoms with Crippen molar-refractivity contribution >= 4 is 38.8 Å². The van der Waals surface area contributed by atoms with Gasteiger partial charge in [-0.2, -0.15) is 0 Å². The molecule has 1 amide bonds. The average molecular weight is 466 g/mol. The Kier molecular flexibility index (Phi) is 5.97. The van der Waals surface area contributed by atoms with Crippen LogP contribution in [-0.2, 0) is 0 Å². The number of para-hydroxylation sites is 1. The normalized spacial score (nSPS) is 10.9. The molecule has 0 aliphatic heterocycles. The van der Waals surface area contributed by atoms with Crippen LogP contribution in [0.4, 0.5) is 11.4 Å². The summed E-state index contributed by atoms with van der Waals surface area (Å²) in [4.78, 5) is 19.2. The number of aromatic nitrogens is 1. The first kappa shape index (κ1) is 21.7. The van der Waals surface area contributed by atoms with Gasteiger partial charge in [0.1, 0.15) is 15.5 Å². The molecule has 2 heterocycles. The lowest BCUT2D eigenvalue weighted by Crippen LogP contribution is -2.11. The molecule has 2 aromatic heterocycles. The Morgan fingerprint density at radius 1 is 0.941 bits per heavy atom. The van der Waals surface area contributed by atoms with Gasteiger partial charge in [-0.05, 0) is 60.5 Å². The summed E-state index contributed by atoms with van der Waals surface area (Å²) < 4.78 is 5.57. The lowest BCUT2D eigenvalue weighted by atomic mass is 9.99. The molecule has 0 aliphatic carbocycles. The molecule has 0 bridgehead atoms. The molecule has 0 radical (unpaired) electrons. The monoisotopic (exact) mass is 465 g/mol. The third-order valence-corrected chi connectivity index (χ3v) is 6.58. The molecule has 3 aromatic carbocycles. The minimum absolute atomic E-state index is 0.242. The summed E-state index contributed by atoms with van der Waals surface area (Å²) in [5.74, 6) is 0.573. The number of carbonyl (C=O) groups is 1. The van der Waals surface area contributed by atoms with Crippen LogP contribution in [0.1, 0.15) is 16.6 Å². The second-order valence-electron chi connectivity index (χ2n) is 7.72. The Bertz CT molecular complexity index is 1450. The molecule has 0 saturated carbocycles. The first-order valence-corrected chi connectivity index (χ1v) is 11.8. The largest absolute Gasteiger partial charge is 0.494 e. The van der Waals surface area contributed by atoms with Gasteiger partial charge in [-0.15, -0.1) is 11.3 Å². The van der Waals surface area contributed by atoms with Crippen LogP contribution >= 0.6 is 11.3 Å². The van der Waals surface area contributed by atoms with E-state index in [1.54, 1.807) is 0 Å². The molecule has 0 aliphatic rings. The number of benzene rings is 3. The quantitative estimate of drug-likeness (QED) is 0.287. The zero-order valence-electron chi connectivity index (χ0n) is 18.6. The van der Waals surface area contributed by atoms with Gasteiger partial charge in [0.2, 0.25) is 0 Å². The van der Waals surface area contributed by atoms with Crippen LogP contribution in [0.5, 0.6) is 5.75 Å². The fourth-order valence-corrected chi connectivity index (χ4v) is 4.90. The van der Waals surface area contributed by atoms with E-state index in [2.05, 4.69) is 5.32 Å². The lowest BCUT2D eigenvalue weighted by Gasteiger charge is -2.10. The smallest absolute Gasteiger partial charge is 0.267 e. The lowest BCUT2D eigenvalue weighted by molar-refractivity contribution is 0.103. The van der Waals surface area contributed by atoms with E-state index in [-0.39, 0.29) is 5.91 Å². The van der Waals surface area contributed by atoms with E-state index < -0.39 is 0 Å². The predicted octanol–water partition coefficient (Wildman–Crippen LogP) is 6.86. The van der Waals surface area contributed by atoms with Gasteiger partial charge >= 0.3 is 0 Å². The maximum absolute atomic E-state index is 13.1. The van der Waals surface area contributed by atoms with Gasteiger partial charge in [0.05, 0.1) is 18.0 Å². The molecule has 0 fully saturated rings. The summed E-state index contributed by atoms with van der Waals surface area (Å²) in [6.45, 7) is 2.58. The third-order valence-electron chi connectivity index (χ3n) is 5.48. The first-order valence-electron chi connectivity index (χ1n) is 11.0. The Labute approximate surface area is 201 Å². The van der Waals surface area contributed by atoms with Gasteiger partial charge in [-0.1, -0.05) is 48.5 Å². The highest BCUT2D eigenvalue weighted by molar-refractivity contribution is 7.21. The van der Waals surface area contributed by atoms with Crippen LogP contribution in [0.2, 0.25) is 0 Å². The maximum Gasteiger partial charge on any atom is 0.267 e. The second-order valence-corrected chi connectivity index (χ2v) is 8.72. The fourth-order valence-electron chi connectivity index (χ4n) is 3.88. The minimum Gasteiger partial charge on any atom is -0.494 e. The van der Waals surface area contributed by atoms with Gasteiger partial charge in [0.15, 0.2) is 0 Å².